The van der Waals surface area contributed by atoms with Crippen LogP contribution in [0, 0.1) is 12.7 Å². The number of esters is 1. The van der Waals surface area contributed by atoms with Gasteiger partial charge < -0.3 is 9.64 Å². The van der Waals surface area contributed by atoms with E-state index in [1.165, 1.54) is 13.3 Å². The molecule has 0 unspecified atom stereocenters. The molecule has 0 N–H and O–H groups in total. The molecule has 0 bridgehead atoms. The highest BCUT2D eigenvalue weighted by Gasteiger charge is 2.36. The van der Waals surface area contributed by atoms with Crippen molar-refractivity contribution in [2.45, 2.75) is 32.8 Å². The number of carbonyl (C=O) groups is 1. The Labute approximate surface area is 179 Å². The lowest BCUT2D eigenvalue weighted by molar-refractivity contribution is -0.140. The lowest BCUT2D eigenvalue weighted by Crippen LogP contribution is -2.15. The highest BCUT2D eigenvalue weighted by molar-refractivity contribution is 5.92. The minimum absolute atomic E-state index is 0.0961. The molecule has 0 radical (unpaired) electrons. The van der Waals surface area contributed by atoms with Gasteiger partial charge in [0.1, 0.15) is 12.4 Å². The molecule has 174 valence electrons. The highest BCUT2D eigenvalue weighted by Crippen LogP contribution is 2.38. The maximum absolute atomic E-state index is 14.1. The number of hydrogen-bond donors (Lipinski definition) is 0. The number of nitrogens with zero attached hydrogens (tertiary/aromatic N) is 2. The van der Waals surface area contributed by atoms with E-state index in [1.54, 1.807) is 18.9 Å². The molecule has 0 aliphatic rings. The molecular weight excluding hydrogens is 445 g/mol. The minimum Gasteiger partial charge on any atom is -0.457 e. The quantitative estimate of drug-likeness (QED) is 0.223. The number of rotatable bonds is 6. The maximum Gasteiger partial charge on any atom is 0.419 e. The average molecular weight is 464 g/mol. The van der Waals surface area contributed by atoms with Crippen LogP contribution in [-0.2, 0) is 23.7 Å². The van der Waals surface area contributed by atoms with Crippen molar-refractivity contribution < 1.29 is 40.3 Å². The molecule has 0 saturated carbocycles. The minimum atomic E-state index is -4.95. The molecule has 11 heteroatoms. The van der Waals surface area contributed by atoms with E-state index in [1.807, 2.05) is 0 Å². The van der Waals surface area contributed by atoms with Gasteiger partial charge >= 0.3 is 18.3 Å². The lowest BCUT2D eigenvalue weighted by atomic mass is 10.0. The molecule has 0 heterocycles. The first-order valence-electron chi connectivity index (χ1n) is 9.23. The molecule has 32 heavy (non-hydrogen) atoms. The summed E-state index contributed by atoms with van der Waals surface area (Å²) in [5, 5.41) is 0. The number of carbonyl (C=O) groups excluding carboxylic acids is 1. The van der Waals surface area contributed by atoms with Gasteiger partial charge in [-0.15, -0.1) is 0 Å². The van der Waals surface area contributed by atoms with Gasteiger partial charge in [0, 0.05) is 19.2 Å². The van der Waals surface area contributed by atoms with E-state index in [0.29, 0.717) is 18.7 Å². The smallest absolute Gasteiger partial charge is 0.419 e. The third-order valence-electron chi connectivity index (χ3n) is 4.50. The second kappa shape index (κ2) is 9.58. The van der Waals surface area contributed by atoms with Gasteiger partial charge in [-0.2, -0.15) is 26.3 Å². The van der Waals surface area contributed by atoms with Crippen LogP contribution in [0.3, 0.4) is 0 Å². The van der Waals surface area contributed by atoms with Crippen molar-refractivity contribution in [1.29, 1.82) is 0 Å². The zero-order valence-corrected chi connectivity index (χ0v) is 17.2. The van der Waals surface area contributed by atoms with Gasteiger partial charge in [-0.05, 0) is 37.6 Å². The van der Waals surface area contributed by atoms with Crippen LogP contribution in [0.25, 0.3) is 0 Å². The lowest BCUT2D eigenvalue weighted by Gasteiger charge is -2.16. The molecule has 2 aromatic rings. The summed E-state index contributed by atoms with van der Waals surface area (Å²) in [7, 11) is 1.61. The molecule has 0 aliphatic heterocycles. The fourth-order valence-electron chi connectivity index (χ4n) is 2.62. The number of benzene rings is 2. The van der Waals surface area contributed by atoms with Crippen molar-refractivity contribution >= 4 is 18.0 Å². The zero-order chi connectivity index (χ0) is 24.3. The molecule has 4 nitrogen and oxygen atoms in total. The number of hydrogen-bond acceptors (Lipinski definition) is 3. The number of alkyl halides is 6. The van der Waals surface area contributed by atoms with Crippen LogP contribution in [0.4, 0.5) is 36.4 Å². The van der Waals surface area contributed by atoms with E-state index >= 15 is 0 Å². The van der Waals surface area contributed by atoms with Crippen LogP contribution in [0.2, 0.25) is 0 Å². The van der Waals surface area contributed by atoms with Crippen molar-refractivity contribution in [3.63, 3.8) is 0 Å². The Hall–Kier alpha value is -3.11. The van der Waals surface area contributed by atoms with E-state index in [-0.39, 0.29) is 5.56 Å². The van der Waals surface area contributed by atoms with Gasteiger partial charge in [-0.3, -0.25) is 0 Å². The monoisotopic (exact) mass is 464 g/mol. The van der Waals surface area contributed by atoms with Gasteiger partial charge in [0.25, 0.3) is 0 Å². The molecule has 2 rings (SSSR count). The Bertz CT molecular complexity index is 1010. The zero-order valence-electron chi connectivity index (χ0n) is 17.2. The first-order valence-corrected chi connectivity index (χ1v) is 9.23. The van der Waals surface area contributed by atoms with Crippen molar-refractivity contribution in [2.24, 2.45) is 4.99 Å². The van der Waals surface area contributed by atoms with Gasteiger partial charge in [-0.1, -0.05) is 12.1 Å². The molecule has 0 fully saturated rings. The van der Waals surface area contributed by atoms with E-state index in [2.05, 4.69) is 4.99 Å². The third kappa shape index (κ3) is 5.98. The Morgan fingerprint density at radius 1 is 1.09 bits per heavy atom. The largest absolute Gasteiger partial charge is 0.457 e. The third-order valence-corrected chi connectivity index (χ3v) is 4.50. The molecule has 0 aromatic heterocycles. The van der Waals surface area contributed by atoms with Crippen LogP contribution < -0.4 is 0 Å². The van der Waals surface area contributed by atoms with Gasteiger partial charge in [0.05, 0.1) is 28.7 Å². The second-order valence-corrected chi connectivity index (χ2v) is 6.85. The second-order valence-electron chi connectivity index (χ2n) is 6.85. The molecule has 0 amide bonds. The topological polar surface area (TPSA) is 41.9 Å². The van der Waals surface area contributed by atoms with E-state index in [9.17, 15) is 35.5 Å². The molecule has 0 atom stereocenters. The van der Waals surface area contributed by atoms with E-state index < -0.39 is 58.7 Å². The van der Waals surface area contributed by atoms with Crippen LogP contribution in [0.5, 0.6) is 0 Å². The van der Waals surface area contributed by atoms with Crippen molar-refractivity contribution in [3.8, 4) is 0 Å². The summed E-state index contributed by atoms with van der Waals surface area (Å²) in [6.45, 7) is 2.73. The fraction of sp³-hybridized carbons (Fsp3) is 0.333. The van der Waals surface area contributed by atoms with Crippen LogP contribution in [0.1, 0.15) is 39.5 Å². The fourth-order valence-corrected chi connectivity index (χ4v) is 2.62. The Balaban J connectivity index is 2.34. The predicted octanol–water partition coefficient (Wildman–Crippen LogP) is 6.14. The summed E-state index contributed by atoms with van der Waals surface area (Å²) >= 11 is 0. The van der Waals surface area contributed by atoms with E-state index in [0.717, 1.165) is 18.2 Å². The SMILES string of the molecule is CCN(C)/C=N/c1cc(C)c(C(=O)OCc2cccc(C(F)(F)F)c2F)cc1C(F)(F)F. The maximum atomic E-state index is 14.1. The first-order chi connectivity index (χ1) is 14.8. The Kier molecular flexibility index (Phi) is 7.53. The Morgan fingerprint density at radius 2 is 1.72 bits per heavy atom. The van der Waals surface area contributed by atoms with E-state index in [4.69, 9.17) is 4.74 Å². The molecule has 2 aromatic carbocycles. The summed E-state index contributed by atoms with van der Waals surface area (Å²) in [6.07, 6.45) is -8.59. The summed E-state index contributed by atoms with van der Waals surface area (Å²) in [5.41, 5.74) is -4.09. The van der Waals surface area contributed by atoms with Crippen molar-refractivity contribution in [2.75, 3.05) is 13.6 Å². The number of halogens is 7. The van der Waals surface area contributed by atoms with Crippen LogP contribution in [-0.4, -0.2) is 30.8 Å². The van der Waals surface area contributed by atoms with Gasteiger partial charge in [0.2, 0.25) is 0 Å². The standard InChI is InChI=1S/C21H19F7N2O2/c1-4-30(3)11-29-17-8-12(2)14(9-16(17)21(26,27)28)19(31)32-10-13-6-5-7-15(18(13)22)20(23,24)25/h5-9,11H,4,10H2,1-3H3/b29-11+. The summed E-state index contributed by atoms with van der Waals surface area (Å²) in [4.78, 5) is 17.7. The summed E-state index contributed by atoms with van der Waals surface area (Å²) in [6, 6.07) is 4.04. The van der Waals surface area contributed by atoms with Crippen molar-refractivity contribution in [3.05, 3.63) is 64.0 Å². The summed E-state index contributed by atoms with van der Waals surface area (Å²) in [5.74, 6) is -2.86. The first kappa shape index (κ1) is 25.2. The highest BCUT2D eigenvalue weighted by atomic mass is 19.4. The molecular formula is C21H19F7N2O2. The van der Waals surface area contributed by atoms with Crippen molar-refractivity contribution in [1.82, 2.24) is 4.90 Å². The normalized spacial score (nSPS) is 12.3. The molecule has 0 saturated heterocycles. The number of aryl methyl sites for hydroxylation is 1. The number of ether oxygens (including phenoxy) is 1. The Morgan fingerprint density at radius 3 is 2.28 bits per heavy atom. The summed E-state index contributed by atoms with van der Waals surface area (Å²) < 4.78 is 97.8. The van der Waals surface area contributed by atoms with Crippen LogP contribution >= 0.6 is 0 Å². The number of aliphatic imine (C=N–C) groups is 1. The van der Waals surface area contributed by atoms with Gasteiger partial charge in [-0.25, -0.2) is 14.2 Å². The molecule has 0 aliphatic carbocycles. The average Bonchev–Trinajstić information content (AvgIpc) is 2.69. The van der Waals surface area contributed by atoms with Crippen LogP contribution in [0.15, 0.2) is 35.3 Å². The van der Waals surface area contributed by atoms with Gasteiger partial charge in [0.15, 0.2) is 0 Å². The predicted molar refractivity (Wildman–Crippen MR) is 103 cm³/mol. The molecule has 0 spiro atoms.